The number of rotatable bonds is 0. The molecule has 0 unspecified atom stereocenters. The molecule has 0 saturated carbocycles. The molecule has 38 valence electrons. The van der Waals surface area contributed by atoms with Crippen molar-refractivity contribution >= 4 is 6.21 Å². The van der Waals surface area contributed by atoms with Crippen molar-refractivity contribution in [3.8, 4) is 0 Å². The Bertz CT molecular complexity index is 105. The van der Waals surface area contributed by atoms with Crippen LogP contribution >= 0.6 is 0 Å². The highest BCUT2D eigenvalue weighted by molar-refractivity contribution is 5.61. The molecule has 0 amide bonds. The van der Waals surface area contributed by atoms with Gasteiger partial charge in [-0.1, -0.05) is 6.58 Å². The van der Waals surface area contributed by atoms with Crippen LogP contribution in [0.5, 0.6) is 0 Å². The minimum Gasteiger partial charge on any atom is -0.382 e. The molecule has 2 heteroatoms. The highest BCUT2D eigenvalue weighted by Crippen LogP contribution is 1.86. The molecule has 2 nitrogen and oxygen atoms in total. The largest absolute Gasteiger partial charge is 0.382 e. The number of aliphatic imine (C=N–C) groups is 1. The fourth-order valence-electron chi connectivity index (χ4n) is 0.485. The van der Waals surface area contributed by atoms with Gasteiger partial charge < -0.3 is 5.32 Å². The topological polar surface area (TPSA) is 24.4 Å². The highest BCUT2D eigenvalue weighted by Gasteiger charge is 1.91. The summed E-state index contributed by atoms with van der Waals surface area (Å²) in [5, 5.41) is 3.04. The van der Waals surface area contributed by atoms with Gasteiger partial charge in [0, 0.05) is 18.5 Å². The molecule has 0 aromatic rings. The standard InChI is InChI=1S/C5H8N2/c1-5-4-6-2-3-7-5/h2,7H,1,3-4H2. The van der Waals surface area contributed by atoms with E-state index in [4.69, 9.17) is 0 Å². The van der Waals surface area contributed by atoms with Crippen LogP contribution in [0.3, 0.4) is 0 Å². The molecule has 7 heavy (non-hydrogen) atoms. The Morgan fingerprint density at radius 3 is 3.00 bits per heavy atom. The van der Waals surface area contributed by atoms with Gasteiger partial charge in [0.1, 0.15) is 0 Å². The van der Waals surface area contributed by atoms with Crippen molar-refractivity contribution in [1.29, 1.82) is 0 Å². The Labute approximate surface area is 42.9 Å². The van der Waals surface area contributed by atoms with Crippen LogP contribution in [0.4, 0.5) is 0 Å². The van der Waals surface area contributed by atoms with Crippen molar-refractivity contribution in [2.45, 2.75) is 0 Å². The van der Waals surface area contributed by atoms with E-state index in [1.807, 2.05) is 6.21 Å². The quantitative estimate of drug-likeness (QED) is 0.457. The van der Waals surface area contributed by atoms with Gasteiger partial charge in [0.05, 0.1) is 6.54 Å². The molecular formula is C5H8N2. The van der Waals surface area contributed by atoms with E-state index in [1.54, 1.807) is 0 Å². The smallest absolute Gasteiger partial charge is 0.0777 e. The van der Waals surface area contributed by atoms with Gasteiger partial charge in [0.25, 0.3) is 0 Å². The molecule has 0 fully saturated rings. The Morgan fingerprint density at radius 1 is 1.86 bits per heavy atom. The molecule has 1 rings (SSSR count). The van der Waals surface area contributed by atoms with Crippen molar-refractivity contribution < 1.29 is 0 Å². The van der Waals surface area contributed by atoms with Gasteiger partial charge in [-0.2, -0.15) is 0 Å². The van der Waals surface area contributed by atoms with Gasteiger partial charge in [-0.3, -0.25) is 4.99 Å². The third kappa shape index (κ3) is 1.03. The van der Waals surface area contributed by atoms with Crippen molar-refractivity contribution in [2.24, 2.45) is 4.99 Å². The van der Waals surface area contributed by atoms with Gasteiger partial charge in [-0.25, -0.2) is 0 Å². The zero-order valence-electron chi connectivity index (χ0n) is 4.15. The van der Waals surface area contributed by atoms with Crippen LogP contribution < -0.4 is 5.32 Å². The molecule has 0 saturated heterocycles. The van der Waals surface area contributed by atoms with E-state index in [0.29, 0.717) is 0 Å². The van der Waals surface area contributed by atoms with E-state index in [2.05, 4.69) is 16.9 Å². The lowest BCUT2D eigenvalue weighted by Crippen LogP contribution is -2.21. The summed E-state index contributed by atoms with van der Waals surface area (Å²) in [4.78, 5) is 3.97. The van der Waals surface area contributed by atoms with Crippen LogP contribution in [0.15, 0.2) is 17.3 Å². The summed E-state index contributed by atoms with van der Waals surface area (Å²) >= 11 is 0. The molecule has 0 aromatic carbocycles. The highest BCUT2D eigenvalue weighted by atomic mass is 15.0. The normalized spacial score (nSPS) is 19.1. The Balaban J connectivity index is 2.47. The monoisotopic (exact) mass is 96.1 g/mol. The molecule has 0 bridgehead atoms. The first-order valence-electron chi connectivity index (χ1n) is 2.29. The summed E-state index contributed by atoms with van der Waals surface area (Å²) in [5.41, 5.74) is 1.02. The van der Waals surface area contributed by atoms with E-state index >= 15 is 0 Å². The summed E-state index contributed by atoms with van der Waals surface area (Å²) in [6.45, 7) is 5.29. The molecule has 1 N–H and O–H groups in total. The number of hydrogen-bond acceptors (Lipinski definition) is 2. The minimum absolute atomic E-state index is 0.750. The molecule has 1 aliphatic rings. The second kappa shape index (κ2) is 1.78. The van der Waals surface area contributed by atoms with Crippen LogP contribution in [-0.2, 0) is 0 Å². The van der Waals surface area contributed by atoms with E-state index < -0.39 is 0 Å². The molecule has 1 aliphatic heterocycles. The van der Waals surface area contributed by atoms with Crippen LogP contribution in [0.25, 0.3) is 0 Å². The maximum atomic E-state index is 3.97. The van der Waals surface area contributed by atoms with Gasteiger partial charge >= 0.3 is 0 Å². The number of nitrogens with one attached hydrogen (secondary N) is 1. The molecule has 0 spiro atoms. The van der Waals surface area contributed by atoms with E-state index in [1.165, 1.54) is 0 Å². The second-order valence-electron chi connectivity index (χ2n) is 1.51. The molecule has 0 atom stereocenters. The van der Waals surface area contributed by atoms with E-state index in [-0.39, 0.29) is 0 Å². The number of hydrogen-bond donors (Lipinski definition) is 1. The SMILES string of the molecule is C=C1CN=CCN1. The average Bonchev–Trinajstić information content (AvgIpc) is 1.69. The third-order valence-electron chi connectivity index (χ3n) is 0.855. The predicted molar refractivity (Wildman–Crippen MR) is 30.5 cm³/mol. The lowest BCUT2D eigenvalue weighted by atomic mass is 10.4. The molecular weight excluding hydrogens is 88.1 g/mol. The van der Waals surface area contributed by atoms with Crippen molar-refractivity contribution in [1.82, 2.24) is 5.32 Å². The van der Waals surface area contributed by atoms with Crippen LogP contribution in [-0.4, -0.2) is 19.3 Å². The second-order valence-corrected chi connectivity index (χ2v) is 1.51. The average molecular weight is 96.1 g/mol. The zero-order chi connectivity index (χ0) is 5.11. The molecule has 0 aliphatic carbocycles. The first-order valence-corrected chi connectivity index (χ1v) is 2.29. The van der Waals surface area contributed by atoms with E-state index in [9.17, 15) is 0 Å². The first-order chi connectivity index (χ1) is 3.39. The predicted octanol–water partition coefficient (Wildman–Crippen LogP) is 0.174. The van der Waals surface area contributed by atoms with Gasteiger partial charge in [-0.15, -0.1) is 0 Å². The summed E-state index contributed by atoms with van der Waals surface area (Å²) < 4.78 is 0. The number of nitrogens with zero attached hydrogens (tertiary/aromatic N) is 1. The Morgan fingerprint density at radius 2 is 2.71 bits per heavy atom. The van der Waals surface area contributed by atoms with Crippen LogP contribution in [0.1, 0.15) is 0 Å². The maximum absolute atomic E-state index is 3.97. The van der Waals surface area contributed by atoms with Gasteiger partial charge in [0.2, 0.25) is 0 Å². The Hall–Kier alpha value is -0.790. The Kier molecular flexibility index (Phi) is 1.11. The molecule has 0 radical (unpaired) electrons. The van der Waals surface area contributed by atoms with Gasteiger partial charge in [0.15, 0.2) is 0 Å². The minimum atomic E-state index is 0.750. The molecule has 0 aromatic heterocycles. The van der Waals surface area contributed by atoms with Crippen LogP contribution in [0.2, 0.25) is 0 Å². The van der Waals surface area contributed by atoms with Crippen molar-refractivity contribution in [2.75, 3.05) is 13.1 Å². The summed E-state index contributed by atoms with van der Waals surface area (Å²) in [6, 6.07) is 0. The first kappa shape index (κ1) is 4.37. The van der Waals surface area contributed by atoms with Crippen molar-refractivity contribution in [3.63, 3.8) is 0 Å². The van der Waals surface area contributed by atoms with E-state index in [0.717, 1.165) is 18.8 Å². The zero-order valence-corrected chi connectivity index (χ0v) is 4.15. The fraction of sp³-hybridized carbons (Fsp3) is 0.400. The third-order valence-corrected chi connectivity index (χ3v) is 0.855. The summed E-state index contributed by atoms with van der Waals surface area (Å²) in [5.74, 6) is 0. The lowest BCUT2D eigenvalue weighted by Gasteiger charge is -2.07. The van der Waals surface area contributed by atoms with Gasteiger partial charge in [-0.05, 0) is 0 Å². The van der Waals surface area contributed by atoms with Crippen molar-refractivity contribution in [3.05, 3.63) is 12.3 Å². The summed E-state index contributed by atoms with van der Waals surface area (Å²) in [7, 11) is 0. The van der Waals surface area contributed by atoms with Crippen LogP contribution in [0, 0.1) is 0 Å². The summed E-state index contributed by atoms with van der Waals surface area (Å²) in [6.07, 6.45) is 1.86. The molecule has 1 heterocycles. The lowest BCUT2D eigenvalue weighted by molar-refractivity contribution is 0.863. The maximum Gasteiger partial charge on any atom is 0.0777 e. The fourth-order valence-corrected chi connectivity index (χ4v) is 0.485.